The van der Waals surface area contributed by atoms with Gasteiger partial charge in [0.25, 0.3) is 0 Å². The van der Waals surface area contributed by atoms with E-state index in [1.54, 1.807) is 6.07 Å². The highest BCUT2D eigenvalue weighted by atomic mass is 16.7. The van der Waals surface area contributed by atoms with Gasteiger partial charge >= 0.3 is 6.16 Å². The molecule has 1 unspecified atom stereocenters. The second-order valence-corrected chi connectivity index (χ2v) is 10.2. The molecule has 1 atom stereocenters. The maximum atomic E-state index is 11.6. The van der Waals surface area contributed by atoms with Crippen molar-refractivity contribution in [2.45, 2.75) is 63.7 Å². The van der Waals surface area contributed by atoms with Gasteiger partial charge in [-0.3, -0.25) is 0 Å². The maximum Gasteiger partial charge on any atom is 0.513 e. The average molecular weight is 421 g/mol. The summed E-state index contributed by atoms with van der Waals surface area (Å²) in [7, 11) is 1.30. The van der Waals surface area contributed by atoms with Crippen LogP contribution < -0.4 is 9.47 Å². The zero-order valence-electron chi connectivity index (χ0n) is 19.4. The highest BCUT2D eigenvalue weighted by Gasteiger charge is 2.45. The van der Waals surface area contributed by atoms with Crippen LogP contribution in [-0.4, -0.2) is 19.9 Å². The standard InChI is InChI=1S/C27H32O4/c1-17(2)27(16-30-23-11-9-19(15-22(23)27)31-24(28)29-7)18-8-10-20-21(14-18)26(5,6)13-12-25(20,3)4/h8-11,14-15H,1,12-13,16H2,2-7H3. The van der Waals surface area contributed by atoms with E-state index in [-0.39, 0.29) is 10.8 Å². The minimum absolute atomic E-state index is 0.106. The fourth-order valence-electron chi connectivity index (χ4n) is 5.13. The highest BCUT2D eigenvalue weighted by Crippen LogP contribution is 2.52. The normalized spacial score (nSPS) is 22.6. The van der Waals surface area contributed by atoms with Crippen molar-refractivity contribution in [1.82, 2.24) is 0 Å². The molecule has 0 saturated carbocycles. The number of rotatable bonds is 3. The Kier molecular flexibility index (Phi) is 4.95. The van der Waals surface area contributed by atoms with E-state index in [2.05, 4.69) is 57.2 Å². The van der Waals surface area contributed by atoms with E-state index in [1.807, 2.05) is 19.1 Å². The molecule has 4 rings (SSSR count). The van der Waals surface area contributed by atoms with Crippen LogP contribution in [0, 0.1) is 0 Å². The summed E-state index contributed by atoms with van der Waals surface area (Å²) in [6, 6.07) is 12.3. The molecule has 2 aromatic rings. The van der Waals surface area contributed by atoms with Crippen molar-refractivity contribution in [2.75, 3.05) is 13.7 Å². The van der Waals surface area contributed by atoms with Crippen LogP contribution in [0.15, 0.2) is 48.6 Å². The molecule has 0 N–H and O–H groups in total. The number of carbonyl (C=O) groups is 1. The summed E-state index contributed by atoms with van der Waals surface area (Å²) in [5, 5.41) is 0. The van der Waals surface area contributed by atoms with E-state index < -0.39 is 11.6 Å². The Morgan fingerprint density at radius 1 is 0.968 bits per heavy atom. The Balaban J connectivity index is 1.89. The molecule has 2 aromatic carbocycles. The van der Waals surface area contributed by atoms with Crippen molar-refractivity contribution < 1.29 is 19.0 Å². The van der Waals surface area contributed by atoms with Gasteiger partial charge in [-0.1, -0.05) is 58.0 Å². The molecular formula is C27H32O4. The number of carbonyl (C=O) groups excluding carboxylic acids is 1. The van der Waals surface area contributed by atoms with Crippen LogP contribution >= 0.6 is 0 Å². The van der Waals surface area contributed by atoms with Gasteiger partial charge in [-0.15, -0.1) is 0 Å². The molecule has 0 spiro atoms. The van der Waals surface area contributed by atoms with Gasteiger partial charge in [0, 0.05) is 5.56 Å². The lowest BCUT2D eigenvalue weighted by Crippen LogP contribution is -2.36. The molecule has 0 amide bonds. The van der Waals surface area contributed by atoms with Gasteiger partial charge in [0.15, 0.2) is 0 Å². The Labute approximate surface area is 185 Å². The van der Waals surface area contributed by atoms with Gasteiger partial charge < -0.3 is 14.2 Å². The van der Waals surface area contributed by atoms with E-state index in [1.165, 1.54) is 30.2 Å². The minimum atomic E-state index is -0.738. The summed E-state index contributed by atoms with van der Waals surface area (Å²) < 4.78 is 16.1. The minimum Gasteiger partial charge on any atom is -0.492 e. The predicted molar refractivity (Wildman–Crippen MR) is 122 cm³/mol. The lowest BCUT2D eigenvalue weighted by atomic mass is 9.61. The third kappa shape index (κ3) is 3.33. The summed E-state index contributed by atoms with van der Waals surface area (Å²) in [4.78, 5) is 11.6. The maximum absolute atomic E-state index is 11.6. The fourth-order valence-corrected chi connectivity index (χ4v) is 5.13. The first-order valence-corrected chi connectivity index (χ1v) is 10.9. The van der Waals surface area contributed by atoms with Crippen LogP contribution in [-0.2, 0) is 21.0 Å². The molecule has 1 aliphatic carbocycles. The SMILES string of the molecule is C=C(C)C1(c2ccc3c(c2)C(C)(C)CCC3(C)C)COc2ccc(OC(=O)OC)cc21. The first kappa shape index (κ1) is 21.5. The number of benzene rings is 2. The average Bonchev–Trinajstić information content (AvgIpc) is 3.11. The zero-order chi connectivity index (χ0) is 22.6. The Bertz CT molecular complexity index is 1060. The van der Waals surface area contributed by atoms with E-state index in [0.717, 1.165) is 23.3 Å². The fraction of sp³-hybridized carbons (Fsp3) is 0.444. The number of hydrogen-bond acceptors (Lipinski definition) is 4. The number of ether oxygens (including phenoxy) is 3. The van der Waals surface area contributed by atoms with Crippen molar-refractivity contribution >= 4 is 6.16 Å². The van der Waals surface area contributed by atoms with Crippen LogP contribution in [0.2, 0.25) is 0 Å². The Hall–Kier alpha value is -2.75. The molecule has 0 saturated heterocycles. The molecule has 1 heterocycles. The van der Waals surface area contributed by atoms with Crippen LogP contribution in [0.5, 0.6) is 11.5 Å². The smallest absolute Gasteiger partial charge is 0.492 e. The van der Waals surface area contributed by atoms with Gasteiger partial charge in [0.05, 0.1) is 12.5 Å². The second-order valence-electron chi connectivity index (χ2n) is 10.2. The van der Waals surface area contributed by atoms with Gasteiger partial charge in [-0.25, -0.2) is 4.79 Å². The molecule has 4 heteroatoms. The summed E-state index contributed by atoms with van der Waals surface area (Å²) in [5.41, 5.74) is 5.71. The van der Waals surface area contributed by atoms with Gasteiger partial charge in [0.1, 0.15) is 18.1 Å². The molecule has 0 bridgehead atoms. The highest BCUT2D eigenvalue weighted by molar-refractivity contribution is 5.66. The van der Waals surface area contributed by atoms with E-state index in [9.17, 15) is 4.79 Å². The molecule has 0 fully saturated rings. The van der Waals surface area contributed by atoms with Crippen molar-refractivity contribution in [3.63, 3.8) is 0 Å². The first-order valence-electron chi connectivity index (χ1n) is 10.9. The predicted octanol–water partition coefficient (Wildman–Crippen LogP) is 6.44. The zero-order valence-corrected chi connectivity index (χ0v) is 19.4. The largest absolute Gasteiger partial charge is 0.513 e. The van der Waals surface area contributed by atoms with Gasteiger partial charge in [0.2, 0.25) is 0 Å². The van der Waals surface area contributed by atoms with Crippen molar-refractivity contribution in [2.24, 2.45) is 0 Å². The lowest BCUT2D eigenvalue weighted by Gasteiger charge is -2.43. The molecule has 4 nitrogen and oxygen atoms in total. The van der Waals surface area contributed by atoms with Crippen LogP contribution in [0.25, 0.3) is 0 Å². The first-order chi connectivity index (χ1) is 14.5. The summed E-state index contributed by atoms with van der Waals surface area (Å²) in [6.45, 7) is 16.2. The quantitative estimate of drug-likeness (QED) is 0.326. The molecule has 1 aliphatic heterocycles. The molecule has 164 valence electrons. The van der Waals surface area contributed by atoms with E-state index in [4.69, 9.17) is 9.47 Å². The Morgan fingerprint density at radius 3 is 2.29 bits per heavy atom. The van der Waals surface area contributed by atoms with Crippen LogP contribution in [0.4, 0.5) is 4.79 Å². The second kappa shape index (κ2) is 7.15. The van der Waals surface area contributed by atoms with Crippen molar-refractivity contribution in [3.05, 3.63) is 70.8 Å². The van der Waals surface area contributed by atoms with E-state index in [0.29, 0.717) is 12.4 Å². The molecule has 31 heavy (non-hydrogen) atoms. The van der Waals surface area contributed by atoms with Crippen LogP contribution in [0.3, 0.4) is 0 Å². The monoisotopic (exact) mass is 420 g/mol. The Morgan fingerprint density at radius 2 is 1.65 bits per heavy atom. The van der Waals surface area contributed by atoms with Crippen molar-refractivity contribution in [1.29, 1.82) is 0 Å². The lowest BCUT2D eigenvalue weighted by molar-refractivity contribution is 0.121. The molecule has 0 radical (unpaired) electrons. The van der Waals surface area contributed by atoms with E-state index >= 15 is 0 Å². The summed E-state index contributed by atoms with van der Waals surface area (Å²) in [6.07, 6.45) is 1.59. The third-order valence-electron chi connectivity index (χ3n) is 7.30. The molecular weight excluding hydrogens is 388 g/mol. The summed E-state index contributed by atoms with van der Waals surface area (Å²) in [5.74, 6) is 1.22. The van der Waals surface area contributed by atoms with Gasteiger partial charge in [-0.2, -0.15) is 0 Å². The summed E-state index contributed by atoms with van der Waals surface area (Å²) >= 11 is 0. The van der Waals surface area contributed by atoms with Crippen LogP contribution in [0.1, 0.15) is 69.7 Å². The van der Waals surface area contributed by atoms with Crippen molar-refractivity contribution in [3.8, 4) is 11.5 Å². The molecule has 2 aliphatic rings. The number of hydrogen-bond donors (Lipinski definition) is 0. The number of methoxy groups -OCH3 is 1. The third-order valence-corrected chi connectivity index (χ3v) is 7.30. The van der Waals surface area contributed by atoms with Gasteiger partial charge in [-0.05, 0) is 65.5 Å². The molecule has 0 aromatic heterocycles. The topological polar surface area (TPSA) is 44.8 Å². The number of fused-ring (bicyclic) bond motifs is 2.